The van der Waals surface area contributed by atoms with Gasteiger partial charge >= 0.3 is 0 Å². The van der Waals surface area contributed by atoms with E-state index in [0.29, 0.717) is 37.1 Å². The molecule has 3 heterocycles. The molecule has 7 nitrogen and oxygen atoms in total. The molecule has 0 saturated heterocycles. The number of carbonyl (C=O) groups is 1. The summed E-state index contributed by atoms with van der Waals surface area (Å²) in [7, 11) is 0. The second-order valence-electron chi connectivity index (χ2n) is 4.82. The fourth-order valence-corrected chi connectivity index (χ4v) is 2.37. The minimum Gasteiger partial charge on any atom is -0.476 e. The van der Waals surface area contributed by atoms with E-state index in [-0.39, 0.29) is 5.91 Å². The summed E-state index contributed by atoms with van der Waals surface area (Å²) < 4.78 is 7.02. The molecular weight excluding hydrogens is 270 g/mol. The number of nitrogens with one attached hydrogen (secondary N) is 2. The molecule has 1 aliphatic rings. The zero-order valence-electron chi connectivity index (χ0n) is 11.2. The number of para-hydroxylation sites is 2. The minimum absolute atomic E-state index is 0.235. The van der Waals surface area contributed by atoms with Gasteiger partial charge in [0.1, 0.15) is 12.4 Å². The van der Waals surface area contributed by atoms with Crippen molar-refractivity contribution in [2.75, 3.05) is 6.61 Å². The van der Waals surface area contributed by atoms with Crippen LogP contribution in [0.4, 0.5) is 0 Å². The first-order valence-corrected chi connectivity index (χ1v) is 6.72. The Morgan fingerprint density at radius 1 is 1.43 bits per heavy atom. The number of hydrogen-bond acceptors (Lipinski definition) is 4. The summed E-state index contributed by atoms with van der Waals surface area (Å²) >= 11 is 0. The molecule has 2 aromatic heterocycles. The van der Waals surface area contributed by atoms with Gasteiger partial charge in [0, 0.05) is 6.07 Å². The Hall–Kier alpha value is -2.83. The molecule has 2 N–H and O–H groups in total. The van der Waals surface area contributed by atoms with Crippen LogP contribution in [0.15, 0.2) is 30.3 Å². The Labute approximate surface area is 119 Å². The van der Waals surface area contributed by atoms with Crippen LogP contribution in [0.3, 0.4) is 0 Å². The molecule has 1 aromatic carbocycles. The first-order chi connectivity index (χ1) is 10.3. The lowest BCUT2D eigenvalue weighted by molar-refractivity contribution is 0.0944. The van der Waals surface area contributed by atoms with Crippen molar-refractivity contribution in [2.24, 2.45) is 0 Å². The molecule has 0 spiro atoms. The van der Waals surface area contributed by atoms with E-state index in [0.717, 1.165) is 11.0 Å². The molecule has 0 radical (unpaired) electrons. The minimum atomic E-state index is -0.235. The third-order valence-corrected chi connectivity index (χ3v) is 3.38. The molecule has 1 aliphatic heterocycles. The molecule has 21 heavy (non-hydrogen) atoms. The molecule has 1 amide bonds. The highest BCUT2D eigenvalue weighted by molar-refractivity contribution is 5.92. The Balaban J connectivity index is 1.46. The number of H-pyrrole nitrogens is 1. The molecule has 0 bridgehead atoms. The van der Waals surface area contributed by atoms with Crippen molar-refractivity contribution < 1.29 is 9.53 Å². The molecule has 106 valence electrons. The number of fused-ring (bicyclic) bond motifs is 2. The van der Waals surface area contributed by atoms with Crippen molar-refractivity contribution in [1.82, 2.24) is 25.1 Å². The second-order valence-corrected chi connectivity index (χ2v) is 4.82. The Morgan fingerprint density at radius 3 is 3.19 bits per heavy atom. The summed E-state index contributed by atoms with van der Waals surface area (Å²) in [5.41, 5.74) is 2.20. The fraction of sp³-hybridized carbons (Fsp3) is 0.214. The number of imidazole rings is 1. The number of aromatic nitrogens is 4. The molecule has 0 atom stereocenters. The van der Waals surface area contributed by atoms with Crippen LogP contribution in [-0.2, 0) is 13.1 Å². The zero-order valence-corrected chi connectivity index (χ0v) is 11.2. The van der Waals surface area contributed by atoms with Crippen LogP contribution in [0.5, 0.6) is 5.88 Å². The fourth-order valence-electron chi connectivity index (χ4n) is 2.37. The van der Waals surface area contributed by atoms with Gasteiger partial charge in [0.05, 0.1) is 24.1 Å². The summed E-state index contributed by atoms with van der Waals surface area (Å²) in [4.78, 5) is 19.6. The number of carbonyl (C=O) groups excluding carboxylic acids is 1. The number of ether oxygens (including phenoxy) is 1. The van der Waals surface area contributed by atoms with Gasteiger partial charge in [-0.3, -0.25) is 4.79 Å². The van der Waals surface area contributed by atoms with Crippen LogP contribution in [0.25, 0.3) is 11.0 Å². The predicted molar refractivity (Wildman–Crippen MR) is 75.0 cm³/mol. The van der Waals surface area contributed by atoms with Gasteiger partial charge in [-0.1, -0.05) is 12.1 Å². The third kappa shape index (κ3) is 2.12. The van der Waals surface area contributed by atoms with Crippen molar-refractivity contribution in [3.8, 4) is 5.88 Å². The van der Waals surface area contributed by atoms with E-state index in [4.69, 9.17) is 4.74 Å². The van der Waals surface area contributed by atoms with Crippen LogP contribution in [0.1, 0.15) is 16.3 Å². The summed E-state index contributed by atoms with van der Waals surface area (Å²) in [6, 6.07) is 9.40. The second kappa shape index (κ2) is 4.62. The quantitative estimate of drug-likeness (QED) is 0.753. The summed E-state index contributed by atoms with van der Waals surface area (Å²) in [5.74, 6) is 1.12. The molecule has 4 rings (SSSR count). The standard InChI is InChI=1S/C14H13N5O2/c20-14(11-7-13-19(18-11)5-6-21-13)15-8-12-16-9-3-1-2-4-10(9)17-12/h1-4,7H,5-6,8H2,(H,15,20)(H,16,17). The van der Waals surface area contributed by atoms with E-state index in [1.54, 1.807) is 10.7 Å². The van der Waals surface area contributed by atoms with Gasteiger partial charge < -0.3 is 15.0 Å². The first kappa shape index (κ1) is 12.0. The van der Waals surface area contributed by atoms with Gasteiger partial charge in [-0.05, 0) is 12.1 Å². The number of benzene rings is 1. The lowest BCUT2D eigenvalue weighted by atomic mass is 10.3. The van der Waals surface area contributed by atoms with Crippen molar-refractivity contribution in [1.29, 1.82) is 0 Å². The normalized spacial score (nSPS) is 13.1. The van der Waals surface area contributed by atoms with Crippen LogP contribution < -0.4 is 10.1 Å². The highest BCUT2D eigenvalue weighted by Gasteiger charge is 2.19. The highest BCUT2D eigenvalue weighted by atomic mass is 16.5. The molecule has 0 aliphatic carbocycles. The zero-order chi connectivity index (χ0) is 14.2. The van der Waals surface area contributed by atoms with Crippen LogP contribution >= 0.6 is 0 Å². The molecule has 0 saturated carbocycles. The van der Waals surface area contributed by atoms with Gasteiger partial charge in [0.15, 0.2) is 5.69 Å². The predicted octanol–water partition coefficient (Wildman–Crippen LogP) is 1.08. The van der Waals surface area contributed by atoms with E-state index in [9.17, 15) is 4.79 Å². The lowest BCUT2D eigenvalue weighted by Gasteiger charge is -2.00. The van der Waals surface area contributed by atoms with Crippen molar-refractivity contribution in [2.45, 2.75) is 13.1 Å². The number of rotatable bonds is 3. The van der Waals surface area contributed by atoms with Gasteiger partial charge in [-0.2, -0.15) is 5.10 Å². The van der Waals surface area contributed by atoms with E-state index in [1.807, 2.05) is 24.3 Å². The smallest absolute Gasteiger partial charge is 0.272 e. The Bertz CT molecular complexity index is 765. The van der Waals surface area contributed by atoms with Crippen LogP contribution in [0.2, 0.25) is 0 Å². The largest absolute Gasteiger partial charge is 0.476 e. The van der Waals surface area contributed by atoms with Gasteiger partial charge in [-0.15, -0.1) is 0 Å². The maximum atomic E-state index is 12.1. The number of aromatic amines is 1. The van der Waals surface area contributed by atoms with E-state index in [1.165, 1.54) is 0 Å². The molecule has 3 aromatic rings. The van der Waals surface area contributed by atoms with Gasteiger partial charge in [0.25, 0.3) is 5.91 Å². The molecular formula is C14H13N5O2. The lowest BCUT2D eigenvalue weighted by Crippen LogP contribution is -2.24. The maximum absolute atomic E-state index is 12.1. The Morgan fingerprint density at radius 2 is 2.33 bits per heavy atom. The topological polar surface area (TPSA) is 84.8 Å². The SMILES string of the molecule is O=C(NCc1nc2ccccc2[nH]1)c1cc2n(n1)CCO2. The molecule has 0 unspecified atom stereocenters. The van der Waals surface area contributed by atoms with Crippen molar-refractivity contribution >= 4 is 16.9 Å². The van der Waals surface area contributed by atoms with E-state index < -0.39 is 0 Å². The number of hydrogen-bond donors (Lipinski definition) is 2. The summed E-state index contributed by atoms with van der Waals surface area (Å²) in [6.07, 6.45) is 0. The number of amides is 1. The van der Waals surface area contributed by atoms with Crippen molar-refractivity contribution in [3.05, 3.63) is 41.9 Å². The van der Waals surface area contributed by atoms with Crippen LogP contribution in [-0.4, -0.2) is 32.3 Å². The monoisotopic (exact) mass is 283 g/mol. The average molecular weight is 283 g/mol. The Kier molecular flexibility index (Phi) is 2.63. The van der Waals surface area contributed by atoms with Gasteiger partial charge in [-0.25, -0.2) is 9.67 Å². The molecule has 7 heteroatoms. The number of nitrogens with zero attached hydrogens (tertiary/aromatic N) is 3. The molecule has 0 fully saturated rings. The first-order valence-electron chi connectivity index (χ1n) is 6.72. The van der Waals surface area contributed by atoms with Gasteiger partial charge in [0.2, 0.25) is 5.88 Å². The van der Waals surface area contributed by atoms with E-state index >= 15 is 0 Å². The van der Waals surface area contributed by atoms with Crippen LogP contribution in [0, 0.1) is 0 Å². The average Bonchev–Trinajstić information content (AvgIpc) is 3.17. The van der Waals surface area contributed by atoms with E-state index in [2.05, 4.69) is 20.4 Å². The third-order valence-electron chi connectivity index (χ3n) is 3.38. The van der Waals surface area contributed by atoms with Crippen molar-refractivity contribution in [3.63, 3.8) is 0 Å². The highest BCUT2D eigenvalue weighted by Crippen LogP contribution is 2.18. The maximum Gasteiger partial charge on any atom is 0.272 e. The summed E-state index contributed by atoms with van der Waals surface area (Å²) in [6.45, 7) is 1.63. The summed E-state index contributed by atoms with van der Waals surface area (Å²) in [5, 5.41) is 7.00.